The number of carboxylic acid groups (broad SMARTS) is 1. The summed E-state index contributed by atoms with van der Waals surface area (Å²) in [5.41, 5.74) is 0.404. The number of ether oxygens (including phenoxy) is 1. The van der Waals surface area contributed by atoms with Gasteiger partial charge in [0.2, 0.25) is 0 Å². The number of halogens is 3. The molecule has 0 bridgehead atoms. The van der Waals surface area contributed by atoms with Crippen LogP contribution in [0.5, 0.6) is 0 Å². The van der Waals surface area contributed by atoms with Crippen LogP contribution < -0.4 is 4.90 Å². The van der Waals surface area contributed by atoms with E-state index in [4.69, 9.17) is 4.74 Å². The molecule has 1 heterocycles. The van der Waals surface area contributed by atoms with Crippen molar-refractivity contribution in [2.24, 2.45) is 0 Å². The number of amides is 1. The zero-order valence-corrected chi connectivity index (χ0v) is 22.3. The lowest BCUT2D eigenvalue weighted by atomic mass is 10.1. The van der Waals surface area contributed by atoms with E-state index in [1.54, 1.807) is 32.9 Å². The summed E-state index contributed by atoms with van der Waals surface area (Å²) in [6, 6.07) is 21.3. The van der Waals surface area contributed by atoms with E-state index >= 15 is 0 Å². The summed E-state index contributed by atoms with van der Waals surface area (Å²) in [5, 5.41) is 10.4. The molecule has 1 aromatic heterocycles. The van der Waals surface area contributed by atoms with Crippen LogP contribution in [0.3, 0.4) is 0 Å². The van der Waals surface area contributed by atoms with Gasteiger partial charge < -0.3 is 19.9 Å². The van der Waals surface area contributed by atoms with E-state index in [1.165, 1.54) is 17.0 Å². The molecule has 0 aliphatic heterocycles. The molecule has 3 N–H and O–H groups in total. The molecule has 0 unspecified atom stereocenters. The number of hydrogen-bond acceptors (Lipinski definition) is 3. The number of alkyl halides is 3. The summed E-state index contributed by atoms with van der Waals surface area (Å²) >= 11 is 0. The highest BCUT2D eigenvalue weighted by Gasteiger charge is 2.33. The Morgan fingerprint density at radius 2 is 1.52 bits per heavy atom. The number of benzene rings is 3. The van der Waals surface area contributed by atoms with Gasteiger partial charge in [0.25, 0.3) is 0 Å². The van der Waals surface area contributed by atoms with Crippen LogP contribution in [-0.4, -0.2) is 32.8 Å². The maximum atomic E-state index is 13.7. The average Bonchev–Trinajstić information content (AvgIpc) is 3.14. The summed E-state index contributed by atoms with van der Waals surface area (Å²) in [6.45, 7) is 5.08. The van der Waals surface area contributed by atoms with Gasteiger partial charge in [0.15, 0.2) is 0 Å². The highest BCUT2D eigenvalue weighted by molar-refractivity contribution is 5.98. The second kappa shape index (κ2) is 11.8. The van der Waals surface area contributed by atoms with Crippen molar-refractivity contribution in [3.8, 4) is 0 Å². The minimum atomic E-state index is -4.57. The van der Waals surface area contributed by atoms with E-state index in [0.29, 0.717) is 16.5 Å². The van der Waals surface area contributed by atoms with E-state index in [9.17, 15) is 27.9 Å². The Hall–Kier alpha value is -4.31. The fourth-order valence-electron chi connectivity index (χ4n) is 4.49. The van der Waals surface area contributed by atoms with Crippen molar-refractivity contribution in [2.45, 2.75) is 52.1 Å². The number of carboxylic acids is 1. The van der Waals surface area contributed by atoms with Gasteiger partial charge in [-0.3, -0.25) is 9.69 Å². The van der Waals surface area contributed by atoms with Gasteiger partial charge in [-0.1, -0.05) is 60.7 Å². The molecule has 0 aliphatic carbocycles. The topological polar surface area (TPSA) is 103 Å². The fraction of sp³-hybridized carbons (Fsp3) is 0.267. The molecule has 0 atom stereocenters. The van der Waals surface area contributed by atoms with Crippen LogP contribution in [0.1, 0.15) is 43.0 Å². The van der Waals surface area contributed by atoms with E-state index < -0.39 is 35.8 Å². The quantitative estimate of drug-likeness (QED) is 0.282. The van der Waals surface area contributed by atoms with Crippen molar-refractivity contribution in [1.29, 1.82) is 0 Å². The maximum Gasteiger partial charge on any atom is 0.416 e. The summed E-state index contributed by atoms with van der Waals surface area (Å²) in [5.74, 6) is -0.851. The van der Waals surface area contributed by atoms with Crippen molar-refractivity contribution in [3.05, 3.63) is 101 Å². The van der Waals surface area contributed by atoms with Crippen LogP contribution in [0.4, 0.5) is 23.8 Å². The minimum Gasteiger partial charge on any atom is -0.481 e. The van der Waals surface area contributed by atoms with E-state index in [1.807, 2.05) is 47.0 Å². The summed E-state index contributed by atoms with van der Waals surface area (Å²) < 4.78 is 48.0. The molecular formula is C30H31F3N2O5. The highest BCUT2D eigenvalue weighted by atomic mass is 19.4. The number of para-hydroxylation sites is 1. The molecule has 40 heavy (non-hydrogen) atoms. The molecule has 10 heteroatoms. The molecule has 0 radical (unpaired) electrons. The number of rotatable bonds is 7. The number of fused-ring (bicyclic) bond motifs is 1. The van der Waals surface area contributed by atoms with Gasteiger partial charge >= 0.3 is 18.2 Å². The predicted octanol–water partition coefficient (Wildman–Crippen LogP) is 6.45. The molecule has 3 aromatic carbocycles. The summed E-state index contributed by atoms with van der Waals surface area (Å²) in [7, 11) is 0. The van der Waals surface area contributed by atoms with Gasteiger partial charge in [-0.25, -0.2) is 4.79 Å². The van der Waals surface area contributed by atoms with Gasteiger partial charge in [-0.05, 0) is 50.1 Å². The first-order valence-electron chi connectivity index (χ1n) is 12.4. The molecule has 4 rings (SSSR count). The van der Waals surface area contributed by atoms with Gasteiger partial charge in [0.05, 0.1) is 24.0 Å². The van der Waals surface area contributed by atoms with Crippen molar-refractivity contribution in [1.82, 2.24) is 4.57 Å². The van der Waals surface area contributed by atoms with Crippen molar-refractivity contribution < 1.29 is 38.1 Å². The third-order valence-electron chi connectivity index (χ3n) is 6.02. The number of carbonyl (C=O) groups excluding carboxylic acids is 1. The molecule has 0 saturated carbocycles. The van der Waals surface area contributed by atoms with Crippen LogP contribution in [0.2, 0.25) is 0 Å². The molecule has 0 fully saturated rings. The summed E-state index contributed by atoms with van der Waals surface area (Å²) in [4.78, 5) is 26.9. The first kappa shape index (κ1) is 30.2. The second-order valence-corrected chi connectivity index (χ2v) is 10.2. The zero-order valence-electron chi connectivity index (χ0n) is 22.3. The Bertz CT molecular complexity index is 1490. The monoisotopic (exact) mass is 556 g/mol. The Labute approximate surface area is 229 Å². The molecule has 212 valence electrons. The number of aromatic nitrogens is 1. The normalized spacial score (nSPS) is 11.7. The van der Waals surface area contributed by atoms with Crippen molar-refractivity contribution in [2.75, 3.05) is 4.90 Å². The van der Waals surface area contributed by atoms with E-state index in [0.717, 1.165) is 17.7 Å². The molecule has 4 aromatic rings. The lowest BCUT2D eigenvalue weighted by Gasteiger charge is -2.29. The van der Waals surface area contributed by atoms with Gasteiger partial charge in [-0.15, -0.1) is 0 Å². The number of anilines is 1. The number of hydrogen-bond donors (Lipinski definition) is 1. The van der Waals surface area contributed by atoms with Crippen LogP contribution in [0, 0.1) is 0 Å². The Kier molecular flexibility index (Phi) is 8.94. The molecule has 0 aliphatic rings. The lowest BCUT2D eigenvalue weighted by Crippen LogP contribution is -2.38. The van der Waals surface area contributed by atoms with Gasteiger partial charge in [-0.2, -0.15) is 13.2 Å². The molecule has 0 spiro atoms. The van der Waals surface area contributed by atoms with Crippen LogP contribution in [0.25, 0.3) is 10.9 Å². The number of aliphatic carboxylic acids is 1. The van der Waals surface area contributed by atoms with Crippen LogP contribution in [-0.2, 0) is 35.2 Å². The third-order valence-corrected chi connectivity index (χ3v) is 6.02. The average molecular weight is 557 g/mol. The second-order valence-electron chi connectivity index (χ2n) is 10.2. The minimum absolute atomic E-state index is 0. The van der Waals surface area contributed by atoms with E-state index in [-0.39, 0.29) is 29.9 Å². The Morgan fingerprint density at radius 1 is 0.900 bits per heavy atom. The SMILES string of the molecule is CC(C)(C)OC(=O)N(Cc1cccc(C(F)(F)F)c1)c1c(CC(=O)O)c2ccccc2n1Cc1ccccc1.O. The molecule has 0 saturated heterocycles. The van der Waals surface area contributed by atoms with Crippen LogP contribution in [0.15, 0.2) is 78.9 Å². The van der Waals surface area contributed by atoms with Crippen LogP contribution >= 0.6 is 0 Å². The lowest BCUT2D eigenvalue weighted by molar-refractivity contribution is -0.138. The Morgan fingerprint density at radius 3 is 2.15 bits per heavy atom. The molecular weight excluding hydrogens is 525 g/mol. The van der Waals surface area contributed by atoms with Gasteiger partial charge in [0, 0.05) is 17.5 Å². The Balaban J connectivity index is 0.00000441. The smallest absolute Gasteiger partial charge is 0.416 e. The zero-order chi connectivity index (χ0) is 28.4. The standard InChI is InChI=1S/C30H29F3N2O4.H2O/c1-29(2,3)39-28(38)35(19-21-12-9-13-22(16-21)30(31,32)33)27-24(17-26(36)37)23-14-7-8-15-25(23)34(27)18-20-10-5-4-6-11-20;/h4-16H,17-19H2,1-3H3,(H,36,37);1H2. The fourth-order valence-corrected chi connectivity index (χ4v) is 4.49. The largest absolute Gasteiger partial charge is 0.481 e. The molecule has 1 amide bonds. The highest BCUT2D eigenvalue weighted by Crippen LogP contribution is 2.37. The van der Waals surface area contributed by atoms with E-state index in [2.05, 4.69) is 0 Å². The number of nitrogens with zero attached hydrogens (tertiary/aromatic N) is 2. The molecule has 7 nitrogen and oxygen atoms in total. The van der Waals surface area contributed by atoms with Gasteiger partial charge in [0.1, 0.15) is 11.4 Å². The third kappa shape index (κ3) is 7.01. The maximum absolute atomic E-state index is 13.7. The first-order chi connectivity index (χ1) is 18.3. The summed E-state index contributed by atoms with van der Waals surface area (Å²) in [6.07, 6.45) is -5.77. The van der Waals surface area contributed by atoms with Crippen molar-refractivity contribution in [3.63, 3.8) is 0 Å². The first-order valence-corrected chi connectivity index (χ1v) is 12.4. The predicted molar refractivity (Wildman–Crippen MR) is 146 cm³/mol. The number of carbonyl (C=O) groups is 2. The van der Waals surface area contributed by atoms with Crippen molar-refractivity contribution >= 4 is 28.8 Å².